The molecule has 0 spiro atoms. The Morgan fingerprint density at radius 2 is 2.32 bits per heavy atom. The van der Waals surface area contributed by atoms with Crippen LogP contribution < -0.4 is 10.6 Å². The molecule has 0 saturated heterocycles. The van der Waals surface area contributed by atoms with Gasteiger partial charge in [-0.1, -0.05) is 6.07 Å². The largest absolute Gasteiger partial charge is 0.334 e. The summed E-state index contributed by atoms with van der Waals surface area (Å²) in [7, 11) is 0. The third kappa shape index (κ3) is 3.75. The third-order valence-electron chi connectivity index (χ3n) is 2.70. The molecule has 0 unspecified atom stereocenters. The molecule has 0 atom stereocenters. The smallest absolute Gasteiger partial charge is 0.319 e. The molecular weight excluding hydrogens is 260 g/mol. The molecule has 3 N–H and O–H groups in total. The monoisotopic (exact) mass is 276 g/mol. The van der Waals surface area contributed by atoms with Crippen LogP contribution in [0.2, 0.25) is 0 Å². The number of aryl methyl sites for hydroxylation is 1. The van der Waals surface area contributed by atoms with Crippen LogP contribution in [0.1, 0.15) is 11.3 Å². The van der Waals surface area contributed by atoms with Crippen molar-refractivity contribution in [3.63, 3.8) is 0 Å². The first-order valence-electron chi connectivity index (χ1n) is 5.87. The highest BCUT2D eigenvalue weighted by atomic mass is 32.2. The Labute approximate surface area is 116 Å². The number of anilines is 1. The fourth-order valence-corrected chi connectivity index (χ4v) is 2.06. The Hall–Kier alpha value is -1.95. The number of thioether (sulfide) groups is 1. The predicted molar refractivity (Wildman–Crippen MR) is 77.4 cm³/mol. The van der Waals surface area contributed by atoms with E-state index in [1.54, 1.807) is 18.0 Å². The van der Waals surface area contributed by atoms with E-state index in [9.17, 15) is 4.79 Å². The number of aromatic nitrogens is 2. The van der Waals surface area contributed by atoms with Crippen molar-refractivity contribution < 1.29 is 4.79 Å². The van der Waals surface area contributed by atoms with E-state index in [1.807, 2.05) is 37.4 Å². The molecule has 0 aliphatic rings. The number of amides is 2. The van der Waals surface area contributed by atoms with Gasteiger partial charge >= 0.3 is 6.03 Å². The van der Waals surface area contributed by atoms with Crippen molar-refractivity contribution in [3.05, 3.63) is 41.7 Å². The maximum atomic E-state index is 11.8. The number of H-pyrrole nitrogens is 1. The van der Waals surface area contributed by atoms with Crippen LogP contribution in [0.5, 0.6) is 0 Å². The normalized spacial score (nSPS) is 10.2. The number of rotatable bonds is 4. The lowest BCUT2D eigenvalue weighted by Gasteiger charge is -2.08. The molecule has 2 amide bonds. The first kappa shape index (κ1) is 13.5. The van der Waals surface area contributed by atoms with Crippen LogP contribution in [0.25, 0.3) is 0 Å². The molecule has 6 heteroatoms. The number of carbonyl (C=O) groups is 1. The molecule has 0 radical (unpaired) electrons. The molecule has 0 bridgehead atoms. The highest BCUT2D eigenvalue weighted by molar-refractivity contribution is 7.98. The molecule has 1 heterocycles. The quantitative estimate of drug-likeness (QED) is 0.752. The van der Waals surface area contributed by atoms with Crippen LogP contribution in [0.4, 0.5) is 10.5 Å². The second-order valence-electron chi connectivity index (χ2n) is 4.06. The number of hydrogen-bond acceptors (Lipinski definition) is 3. The summed E-state index contributed by atoms with van der Waals surface area (Å²) in [5, 5.41) is 12.3. The van der Waals surface area contributed by atoms with Gasteiger partial charge in [0.25, 0.3) is 0 Å². The van der Waals surface area contributed by atoms with E-state index in [2.05, 4.69) is 20.8 Å². The molecule has 1 aromatic carbocycles. The number of carbonyl (C=O) groups excluding carboxylic acids is 1. The van der Waals surface area contributed by atoms with Crippen LogP contribution in [0.3, 0.4) is 0 Å². The zero-order valence-electron chi connectivity index (χ0n) is 10.9. The summed E-state index contributed by atoms with van der Waals surface area (Å²) >= 11 is 1.64. The van der Waals surface area contributed by atoms with Gasteiger partial charge in [0.15, 0.2) is 0 Å². The van der Waals surface area contributed by atoms with Gasteiger partial charge in [-0.05, 0) is 31.4 Å². The van der Waals surface area contributed by atoms with Gasteiger partial charge in [-0.25, -0.2) is 4.79 Å². The van der Waals surface area contributed by atoms with E-state index >= 15 is 0 Å². The molecule has 0 aliphatic heterocycles. The molecule has 2 rings (SSSR count). The standard InChI is InChI=1S/C13H16N4OS/c1-9-10(8-15-17-9)7-14-13(18)16-11-4-3-5-12(6-11)19-2/h3-6,8H,7H2,1-2H3,(H,15,17)(H2,14,16,18). The van der Waals surface area contributed by atoms with Gasteiger partial charge in [-0.2, -0.15) is 5.10 Å². The number of nitrogens with zero attached hydrogens (tertiary/aromatic N) is 1. The van der Waals surface area contributed by atoms with Gasteiger partial charge in [0, 0.05) is 28.4 Å². The zero-order valence-corrected chi connectivity index (χ0v) is 11.7. The molecule has 2 aromatic rings. The van der Waals surface area contributed by atoms with Crippen LogP contribution >= 0.6 is 11.8 Å². The summed E-state index contributed by atoms with van der Waals surface area (Å²) in [5.74, 6) is 0. The Morgan fingerprint density at radius 1 is 1.47 bits per heavy atom. The Morgan fingerprint density at radius 3 is 3.00 bits per heavy atom. The van der Waals surface area contributed by atoms with Gasteiger partial charge in [0.05, 0.1) is 6.20 Å². The van der Waals surface area contributed by atoms with Crippen LogP contribution in [0.15, 0.2) is 35.4 Å². The van der Waals surface area contributed by atoms with Gasteiger partial charge in [0.1, 0.15) is 0 Å². The zero-order chi connectivity index (χ0) is 13.7. The van der Waals surface area contributed by atoms with Crippen molar-refractivity contribution in [2.24, 2.45) is 0 Å². The molecule has 100 valence electrons. The Bertz CT molecular complexity index is 567. The first-order chi connectivity index (χ1) is 9.19. The van der Waals surface area contributed by atoms with Crippen molar-refractivity contribution in [3.8, 4) is 0 Å². The van der Waals surface area contributed by atoms with Crippen LogP contribution in [-0.2, 0) is 6.54 Å². The van der Waals surface area contributed by atoms with E-state index in [0.717, 1.165) is 21.8 Å². The number of hydrogen-bond donors (Lipinski definition) is 3. The van der Waals surface area contributed by atoms with Crippen LogP contribution in [-0.4, -0.2) is 22.5 Å². The molecule has 5 nitrogen and oxygen atoms in total. The van der Waals surface area contributed by atoms with Crippen LogP contribution in [0, 0.1) is 6.92 Å². The predicted octanol–water partition coefficient (Wildman–Crippen LogP) is 2.76. The lowest BCUT2D eigenvalue weighted by molar-refractivity contribution is 0.251. The number of benzene rings is 1. The summed E-state index contributed by atoms with van der Waals surface area (Å²) in [6.45, 7) is 2.38. The SMILES string of the molecule is CSc1cccc(NC(=O)NCc2cn[nH]c2C)c1. The van der Waals surface area contributed by atoms with E-state index in [-0.39, 0.29) is 6.03 Å². The maximum Gasteiger partial charge on any atom is 0.319 e. The minimum absolute atomic E-state index is 0.223. The second kappa shape index (κ2) is 6.29. The van der Waals surface area contributed by atoms with Gasteiger partial charge in [0.2, 0.25) is 0 Å². The fraction of sp³-hybridized carbons (Fsp3) is 0.231. The minimum Gasteiger partial charge on any atom is -0.334 e. The Balaban J connectivity index is 1.89. The molecule has 0 saturated carbocycles. The molecule has 0 fully saturated rings. The van der Waals surface area contributed by atoms with E-state index in [4.69, 9.17) is 0 Å². The summed E-state index contributed by atoms with van der Waals surface area (Å²) in [5.41, 5.74) is 2.73. The maximum absolute atomic E-state index is 11.8. The summed E-state index contributed by atoms with van der Waals surface area (Å²) < 4.78 is 0. The third-order valence-corrected chi connectivity index (χ3v) is 3.43. The van der Waals surface area contributed by atoms with Crippen molar-refractivity contribution in [1.82, 2.24) is 15.5 Å². The van der Waals surface area contributed by atoms with Crippen molar-refractivity contribution in [2.45, 2.75) is 18.4 Å². The Kier molecular flexibility index (Phi) is 4.46. The topological polar surface area (TPSA) is 69.8 Å². The summed E-state index contributed by atoms with van der Waals surface area (Å²) in [4.78, 5) is 12.9. The highest BCUT2D eigenvalue weighted by Crippen LogP contribution is 2.18. The highest BCUT2D eigenvalue weighted by Gasteiger charge is 2.04. The van der Waals surface area contributed by atoms with Gasteiger partial charge in [-0.3, -0.25) is 5.10 Å². The van der Waals surface area contributed by atoms with Gasteiger partial charge < -0.3 is 10.6 Å². The first-order valence-corrected chi connectivity index (χ1v) is 7.09. The fourth-order valence-electron chi connectivity index (χ4n) is 1.61. The minimum atomic E-state index is -0.223. The lowest BCUT2D eigenvalue weighted by atomic mass is 10.3. The molecule has 1 aromatic heterocycles. The summed E-state index contributed by atoms with van der Waals surface area (Å²) in [6.07, 6.45) is 3.71. The van der Waals surface area contributed by atoms with Crippen molar-refractivity contribution in [2.75, 3.05) is 11.6 Å². The number of aromatic amines is 1. The van der Waals surface area contributed by atoms with Crippen molar-refractivity contribution >= 4 is 23.5 Å². The van der Waals surface area contributed by atoms with Crippen molar-refractivity contribution in [1.29, 1.82) is 0 Å². The average molecular weight is 276 g/mol. The lowest BCUT2D eigenvalue weighted by Crippen LogP contribution is -2.28. The molecule has 0 aliphatic carbocycles. The van der Waals surface area contributed by atoms with E-state index < -0.39 is 0 Å². The second-order valence-corrected chi connectivity index (χ2v) is 4.94. The van der Waals surface area contributed by atoms with E-state index in [0.29, 0.717) is 6.54 Å². The number of nitrogens with one attached hydrogen (secondary N) is 3. The average Bonchev–Trinajstić information content (AvgIpc) is 2.82. The molecular formula is C13H16N4OS. The summed E-state index contributed by atoms with van der Waals surface area (Å²) in [6, 6.07) is 7.50. The van der Waals surface area contributed by atoms with Gasteiger partial charge in [-0.15, -0.1) is 11.8 Å². The molecule has 19 heavy (non-hydrogen) atoms. The van der Waals surface area contributed by atoms with E-state index in [1.165, 1.54) is 0 Å². The number of urea groups is 1.